The molecule has 0 atom stereocenters. The van der Waals surface area contributed by atoms with Crippen molar-refractivity contribution in [3.05, 3.63) is 33.8 Å². The van der Waals surface area contributed by atoms with E-state index in [1.807, 2.05) is 12.1 Å². The molecule has 3 fully saturated rings. The first-order valence-electron chi connectivity index (χ1n) is 5.15. The summed E-state index contributed by atoms with van der Waals surface area (Å²) in [5.74, 6) is 0. The van der Waals surface area contributed by atoms with Crippen LogP contribution in [-0.4, -0.2) is 11.7 Å². The van der Waals surface area contributed by atoms with Crippen LogP contribution in [0.2, 0.25) is 10.0 Å². The van der Waals surface area contributed by atoms with Crippen molar-refractivity contribution >= 4 is 23.2 Å². The number of benzene rings is 1. The van der Waals surface area contributed by atoms with Crippen LogP contribution in [0.4, 0.5) is 0 Å². The first-order chi connectivity index (χ1) is 7.07. The van der Waals surface area contributed by atoms with Crippen molar-refractivity contribution in [2.24, 2.45) is 5.41 Å². The van der Waals surface area contributed by atoms with E-state index >= 15 is 0 Å². The highest BCUT2D eigenvalue weighted by molar-refractivity contribution is 6.34. The van der Waals surface area contributed by atoms with Crippen molar-refractivity contribution < 1.29 is 5.11 Å². The number of aliphatic hydroxyl groups excluding tert-OH is 1. The molecule has 0 spiro atoms. The SMILES string of the molecule is OCC12CC(c3cc(Cl)cc(Cl)c3)(C1)C2. The molecule has 1 aromatic rings. The van der Waals surface area contributed by atoms with Crippen LogP contribution < -0.4 is 0 Å². The Morgan fingerprint density at radius 2 is 1.60 bits per heavy atom. The smallest absolute Gasteiger partial charge is 0.0488 e. The molecule has 0 amide bonds. The second kappa shape index (κ2) is 2.91. The zero-order valence-electron chi connectivity index (χ0n) is 8.26. The minimum absolute atomic E-state index is 0.231. The van der Waals surface area contributed by atoms with Crippen molar-refractivity contribution in [1.82, 2.24) is 0 Å². The highest BCUT2D eigenvalue weighted by Gasteiger charge is 2.67. The third-order valence-electron chi connectivity index (χ3n) is 3.95. The largest absolute Gasteiger partial charge is 0.396 e. The molecule has 1 aromatic carbocycles. The van der Waals surface area contributed by atoms with Gasteiger partial charge in [-0.1, -0.05) is 23.2 Å². The first-order valence-corrected chi connectivity index (χ1v) is 5.91. The van der Waals surface area contributed by atoms with E-state index in [0.29, 0.717) is 16.7 Å². The molecule has 4 rings (SSSR count). The maximum absolute atomic E-state index is 9.20. The van der Waals surface area contributed by atoms with Crippen molar-refractivity contribution in [3.63, 3.8) is 0 Å². The first kappa shape index (κ1) is 9.95. The Morgan fingerprint density at radius 3 is 2.07 bits per heavy atom. The molecule has 15 heavy (non-hydrogen) atoms. The lowest BCUT2D eigenvalue weighted by Crippen LogP contribution is -2.66. The topological polar surface area (TPSA) is 20.2 Å². The summed E-state index contributed by atoms with van der Waals surface area (Å²) in [6.45, 7) is 0.322. The van der Waals surface area contributed by atoms with Crippen LogP contribution in [0.25, 0.3) is 0 Å². The average Bonchev–Trinajstić information content (AvgIpc) is 1.97. The normalized spacial score (nSPS) is 37.0. The summed E-state index contributed by atoms with van der Waals surface area (Å²) in [5, 5.41) is 10.6. The predicted molar refractivity (Wildman–Crippen MR) is 61.5 cm³/mol. The summed E-state index contributed by atoms with van der Waals surface area (Å²) in [6, 6.07) is 5.78. The molecule has 0 saturated heterocycles. The van der Waals surface area contributed by atoms with Gasteiger partial charge in [0.2, 0.25) is 0 Å². The minimum atomic E-state index is 0.231. The molecule has 3 aliphatic carbocycles. The zero-order chi connectivity index (χ0) is 10.7. The summed E-state index contributed by atoms with van der Waals surface area (Å²) in [4.78, 5) is 0. The fourth-order valence-electron chi connectivity index (χ4n) is 3.33. The van der Waals surface area contributed by atoms with Gasteiger partial charge in [0.1, 0.15) is 0 Å². The van der Waals surface area contributed by atoms with E-state index in [-0.39, 0.29) is 10.8 Å². The van der Waals surface area contributed by atoms with Crippen LogP contribution >= 0.6 is 23.2 Å². The fourth-order valence-corrected chi connectivity index (χ4v) is 3.86. The predicted octanol–water partition coefficient (Wildman–Crippen LogP) is 3.41. The lowest BCUT2D eigenvalue weighted by Gasteiger charge is -2.70. The Hall–Kier alpha value is -0.240. The van der Waals surface area contributed by atoms with Crippen LogP contribution in [0.3, 0.4) is 0 Å². The van der Waals surface area contributed by atoms with Crippen molar-refractivity contribution in [2.45, 2.75) is 24.7 Å². The Kier molecular flexibility index (Phi) is 1.93. The van der Waals surface area contributed by atoms with E-state index in [4.69, 9.17) is 23.2 Å². The van der Waals surface area contributed by atoms with Crippen LogP contribution in [0.15, 0.2) is 18.2 Å². The Bertz CT molecular complexity index is 388. The van der Waals surface area contributed by atoms with Gasteiger partial charge >= 0.3 is 0 Å². The fraction of sp³-hybridized carbons (Fsp3) is 0.500. The summed E-state index contributed by atoms with van der Waals surface area (Å²) in [7, 11) is 0. The molecule has 0 aliphatic heterocycles. The summed E-state index contributed by atoms with van der Waals surface area (Å²) < 4.78 is 0. The molecule has 0 heterocycles. The molecule has 0 aromatic heterocycles. The second-order valence-corrected chi connectivity index (χ2v) is 6.00. The summed E-state index contributed by atoms with van der Waals surface area (Å²) in [5.41, 5.74) is 1.75. The highest BCUT2D eigenvalue weighted by atomic mass is 35.5. The number of hydrogen-bond donors (Lipinski definition) is 1. The van der Waals surface area contributed by atoms with Crippen LogP contribution in [0, 0.1) is 5.41 Å². The second-order valence-electron chi connectivity index (χ2n) is 5.13. The summed E-state index contributed by atoms with van der Waals surface area (Å²) >= 11 is 12.0. The van der Waals surface area contributed by atoms with E-state index in [1.165, 1.54) is 5.56 Å². The lowest BCUT2D eigenvalue weighted by atomic mass is 9.34. The standard InChI is InChI=1S/C12H12Cl2O/c13-9-1-8(2-10(14)3-9)12-4-11(5-12,6-12)7-15/h1-3,15H,4-7H2. The number of hydrogen-bond acceptors (Lipinski definition) is 1. The van der Waals surface area contributed by atoms with E-state index in [0.717, 1.165) is 19.3 Å². The van der Waals surface area contributed by atoms with Crippen molar-refractivity contribution in [2.75, 3.05) is 6.61 Å². The van der Waals surface area contributed by atoms with E-state index in [9.17, 15) is 5.11 Å². The van der Waals surface area contributed by atoms with E-state index < -0.39 is 0 Å². The molecule has 3 heteroatoms. The van der Waals surface area contributed by atoms with E-state index in [1.54, 1.807) is 6.07 Å². The van der Waals surface area contributed by atoms with Crippen molar-refractivity contribution in [1.29, 1.82) is 0 Å². The molecule has 3 saturated carbocycles. The van der Waals surface area contributed by atoms with Gasteiger partial charge < -0.3 is 5.11 Å². The van der Waals surface area contributed by atoms with E-state index in [2.05, 4.69) is 0 Å². The van der Waals surface area contributed by atoms with Gasteiger partial charge in [0, 0.05) is 16.7 Å². The molecule has 3 aliphatic rings. The maximum Gasteiger partial charge on any atom is 0.0488 e. The lowest BCUT2D eigenvalue weighted by molar-refractivity contribution is -0.167. The quantitative estimate of drug-likeness (QED) is 0.843. The number of aliphatic hydroxyl groups is 1. The molecule has 0 unspecified atom stereocenters. The van der Waals surface area contributed by atoms with Gasteiger partial charge in [-0.05, 0) is 53.9 Å². The van der Waals surface area contributed by atoms with Crippen molar-refractivity contribution in [3.8, 4) is 0 Å². The van der Waals surface area contributed by atoms with Gasteiger partial charge in [-0.2, -0.15) is 0 Å². The highest BCUT2D eigenvalue weighted by Crippen LogP contribution is 2.73. The van der Waals surface area contributed by atoms with Crippen LogP contribution in [0.1, 0.15) is 24.8 Å². The molecule has 1 N–H and O–H groups in total. The van der Waals surface area contributed by atoms with Gasteiger partial charge in [0.05, 0.1) is 0 Å². The zero-order valence-corrected chi connectivity index (χ0v) is 9.78. The van der Waals surface area contributed by atoms with Gasteiger partial charge in [-0.25, -0.2) is 0 Å². The number of rotatable bonds is 2. The third-order valence-corrected chi connectivity index (χ3v) is 4.39. The Labute approximate surface area is 99.0 Å². The molecule has 2 bridgehead atoms. The molecule has 0 radical (unpaired) electrons. The maximum atomic E-state index is 9.20. The van der Waals surface area contributed by atoms with Gasteiger partial charge in [0.15, 0.2) is 0 Å². The average molecular weight is 243 g/mol. The number of halogens is 2. The molecular weight excluding hydrogens is 231 g/mol. The Morgan fingerprint density at radius 1 is 1.07 bits per heavy atom. The molecule has 1 nitrogen and oxygen atoms in total. The molecule has 80 valence electrons. The van der Waals surface area contributed by atoms with Gasteiger partial charge in [-0.3, -0.25) is 0 Å². The Balaban J connectivity index is 1.90. The monoisotopic (exact) mass is 242 g/mol. The summed E-state index contributed by atoms with van der Waals surface area (Å²) in [6.07, 6.45) is 3.27. The minimum Gasteiger partial charge on any atom is -0.396 e. The molecular formula is C12H12Cl2O. The van der Waals surface area contributed by atoms with Gasteiger partial charge in [0.25, 0.3) is 0 Å². The van der Waals surface area contributed by atoms with Crippen LogP contribution in [-0.2, 0) is 5.41 Å². The van der Waals surface area contributed by atoms with Gasteiger partial charge in [-0.15, -0.1) is 0 Å². The third kappa shape index (κ3) is 1.27. The van der Waals surface area contributed by atoms with Crippen LogP contribution in [0.5, 0.6) is 0 Å².